The first kappa shape index (κ1) is 14.1. The maximum atomic E-state index is 12.6. The van der Waals surface area contributed by atoms with Crippen LogP contribution in [0.4, 0.5) is 0 Å². The fourth-order valence-electron chi connectivity index (χ4n) is 2.06. The van der Waals surface area contributed by atoms with Crippen LogP contribution in [0.5, 0.6) is 11.5 Å². The number of hydrogen-bond donors (Lipinski definition) is 1. The van der Waals surface area contributed by atoms with Crippen LogP contribution in [0.2, 0.25) is 0 Å². The summed E-state index contributed by atoms with van der Waals surface area (Å²) in [4.78, 5) is 12.6. The van der Waals surface area contributed by atoms with Crippen molar-refractivity contribution in [3.05, 3.63) is 59.7 Å². The zero-order valence-electron chi connectivity index (χ0n) is 11.5. The molecule has 2 aromatic carbocycles. The van der Waals surface area contributed by atoms with E-state index in [9.17, 15) is 4.79 Å². The van der Waals surface area contributed by atoms with Gasteiger partial charge in [-0.1, -0.05) is 36.4 Å². The van der Waals surface area contributed by atoms with Crippen molar-refractivity contribution in [2.75, 3.05) is 14.2 Å². The summed E-state index contributed by atoms with van der Waals surface area (Å²) in [5.74, 6) is 0.687. The van der Waals surface area contributed by atoms with Gasteiger partial charge < -0.3 is 15.2 Å². The summed E-state index contributed by atoms with van der Waals surface area (Å²) in [6, 6.07) is 13.7. The third kappa shape index (κ3) is 2.65. The first-order valence-electron chi connectivity index (χ1n) is 6.24. The van der Waals surface area contributed by atoms with Gasteiger partial charge >= 0.3 is 0 Å². The minimum atomic E-state index is -0.749. The highest BCUT2D eigenvalue weighted by molar-refractivity contribution is 6.05. The molecule has 2 aromatic rings. The average molecular weight is 271 g/mol. The molecule has 0 heterocycles. The van der Waals surface area contributed by atoms with E-state index < -0.39 is 6.04 Å². The van der Waals surface area contributed by atoms with Crippen LogP contribution in [-0.4, -0.2) is 20.0 Å². The summed E-state index contributed by atoms with van der Waals surface area (Å²) >= 11 is 0. The first-order valence-corrected chi connectivity index (χ1v) is 6.24. The molecule has 0 aromatic heterocycles. The van der Waals surface area contributed by atoms with Crippen LogP contribution < -0.4 is 15.2 Å². The molecule has 1 unspecified atom stereocenters. The van der Waals surface area contributed by atoms with Crippen LogP contribution in [-0.2, 0) is 0 Å². The molecule has 0 saturated heterocycles. The van der Waals surface area contributed by atoms with E-state index in [-0.39, 0.29) is 5.78 Å². The van der Waals surface area contributed by atoms with Crippen molar-refractivity contribution in [1.82, 2.24) is 0 Å². The molecule has 0 aliphatic rings. The van der Waals surface area contributed by atoms with Gasteiger partial charge in [0.1, 0.15) is 17.1 Å². The second kappa shape index (κ2) is 6.21. The van der Waals surface area contributed by atoms with E-state index in [2.05, 4.69) is 0 Å². The number of Topliss-reactive ketones (excluding diaryl/α,β-unsaturated/α-hetero) is 1. The Hall–Kier alpha value is -2.33. The van der Waals surface area contributed by atoms with Gasteiger partial charge in [-0.3, -0.25) is 4.79 Å². The van der Waals surface area contributed by atoms with Crippen molar-refractivity contribution in [2.45, 2.75) is 6.04 Å². The van der Waals surface area contributed by atoms with Gasteiger partial charge in [-0.05, 0) is 17.7 Å². The lowest BCUT2D eigenvalue weighted by Gasteiger charge is -2.16. The highest BCUT2D eigenvalue weighted by atomic mass is 16.5. The topological polar surface area (TPSA) is 61.5 Å². The number of benzene rings is 2. The number of carbonyl (C=O) groups is 1. The molecule has 4 nitrogen and oxygen atoms in total. The number of ether oxygens (including phenoxy) is 2. The van der Waals surface area contributed by atoms with Crippen LogP contribution in [0.1, 0.15) is 22.0 Å². The van der Waals surface area contributed by atoms with E-state index in [0.29, 0.717) is 17.1 Å². The minimum absolute atomic E-state index is 0.231. The molecule has 2 rings (SSSR count). The van der Waals surface area contributed by atoms with E-state index in [1.807, 2.05) is 30.3 Å². The number of carbonyl (C=O) groups excluding carboxylic acids is 1. The summed E-state index contributed by atoms with van der Waals surface area (Å²) in [5.41, 5.74) is 7.18. The van der Waals surface area contributed by atoms with Gasteiger partial charge in [-0.15, -0.1) is 0 Å². The van der Waals surface area contributed by atoms with Gasteiger partial charge in [-0.2, -0.15) is 0 Å². The molecule has 1 atom stereocenters. The predicted octanol–water partition coefficient (Wildman–Crippen LogP) is 2.59. The third-order valence-electron chi connectivity index (χ3n) is 3.12. The van der Waals surface area contributed by atoms with E-state index in [1.54, 1.807) is 18.2 Å². The molecule has 0 aliphatic carbocycles. The van der Waals surface area contributed by atoms with E-state index in [0.717, 1.165) is 5.56 Å². The Morgan fingerprint density at radius 3 is 2.00 bits per heavy atom. The molecule has 2 N–H and O–H groups in total. The minimum Gasteiger partial charge on any atom is -0.496 e. The summed E-state index contributed by atoms with van der Waals surface area (Å²) in [7, 11) is 3.03. The molecular weight excluding hydrogens is 254 g/mol. The molecule has 0 saturated carbocycles. The van der Waals surface area contributed by atoms with Gasteiger partial charge in [0, 0.05) is 0 Å². The Labute approximate surface area is 118 Å². The Balaban J connectivity index is 2.43. The van der Waals surface area contributed by atoms with E-state index in [1.165, 1.54) is 14.2 Å². The van der Waals surface area contributed by atoms with Crippen molar-refractivity contribution in [3.63, 3.8) is 0 Å². The van der Waals surface area contributed by atoms with E-state index >= 15 is 0 Å². The van der Waals surface area contributed by atoms with Crippen LogP contribution in [0.25, 0.3) is 0 Å². The molecule has 0 fully saturated rings. The van der Waals surface area contributed by atoms with Crippen molar-refractivity contribution in [3.8, 4) is 11.5 Å². The summed E-state index contributed by atoms with van der Waals surface area (Å²) in [6.07, 6.45) is 0. The predicted molar refractivity (Wildman–Crippen MR) is 77.2 cm³/mol. The van der Waals surface area contributed by atoms with Gasteiger partial charge in [0.15, 0.2) is 5.78 Å². The molecule has 4 heteroatoms. The SMILES string of the molecule is COc1cccc(OC)c1C(=O)C(N)c1ccccc1. The smallest absolute Gasteiger partial charge is 0.191 e. The quantitative estimate of drug-likeness (QED) is 0.849. The Kier molecular flexibility index (Phi) is 4.38. The van der Waals surface area contributed by atoms with Gasteiger partial charge in [0.05, 0.1) is 20.3 Å². The lowest BCUT2D eigenvalue weighted by molar-refractivity contribution is 0.0955. The van der Waals surface area contributed by atoms with Crippen LogP contribution in [0.3, 0.4) is 0 Å². The Bertz CT molecular complexity index is 574. The second-order valence-electron chi connectivity index (χ2n) is 4.29. The third-order valence-corrected chi connectivity index (χ3v) is 3.12. The van der Waals surface area contributed by atoms with Crippen molar-refractivity contribution in [2.24, 2.45) is 5.73 Å². The lowest BCUT2D eigenvalue weighted by atomic mass is 9.97. The van der Waals surface area contributed by atoms with Crippen molar-refractivity contribution >= 4 is 5.78 Å². The van der Waals surface area contributed by atoms with Crippen LogP contribution in [0, 0.1) is 0 Å². The molecule has 104 valence electrons. The van der Waals surface area contributed by atoms with E-state index in [4.69, 9.17) is 15.2 Å². The first-order chi connectivity index (χ1) is 9.69. The molecule has 0 bridgehead atoms. The summed E-state index contributed by atoms with van der Waals surface area (Å²) in [5, 5.41) is 0. The number of methoxy groups -OCH3 is 2. The number of ketones is 1. The van der Waals surface area contributed by atoms with Crippen molar-refractivity contribution < 1.29 is 14.3 Å². The maximum absolute atomic E-state index is 12.6. The number of rotatable bonds is 5. The number of nitrogens with two attached hydrogens (primary N) is 1. The zero-order valence-corrected chi connectivity index (χ0v) is 11.5. The lowest BCUT2D eigenvalue weighted by Crippen LogP contribution is -2.22. The molecule has 0 aliphatic heterocycles. The second-order valence-corrected chi connectivity index (χ2v) is 4.29. The van der Waals surface area contributed by atoms with Crippen LogP contribution in [0.15, 0.2) is 48.5 Å². The average Bonchev–Trinajstić information content (AvgIpc) is 2.53. The standard InChI is InChI=1S/C16H17NO3/c1-19-12-9-6-10-13(20-2)14(12)16(18)15(17)11-7-4-3-5-8-11/h3-10,15H,17H2,1-2H3. The fourth-order valence-corrected chi connectivity index (χ4v) is 2.06. The maximum Gasteiger partial charge on any atom is 0.191 e. The highest BCUT2D eigenvalue weighted by Crippen LogP contribution is 2.31. The highest BCUT2D eigenvalue weighted by Gasteiger charge is 2.24. The Morgan fingerprint density at radius 2 is 1.50 bits per heavy atom. The van der Waals surface area contributed by atoms with Gasteiger partial charge in [0.25, 0.3) is 0 Å². The number of hydrogen-bond acceptors (Lipinski definition) is 4. The molecule has 0 amide bonds. The van der Waals surface area contributed by atoms with Crippen LogP contribution >= 0.6 is 0 Å². The largest absolute Gasteiger partial charge is 0.496 e. The molecule has 0 radical (unpaired) electrons. The zero-order chi connectivity index (χ0) is 14.5. The normalized spacial score (nSPS) is 11.8. The summed E-state index contributed by atoms with van der Waals surface area (Å²) < 4.78 is 10.5. The molecular formula is C16H17NO3. The van der Waals surface area contributed by atoms with Crippen molar-refractivity contribution in [1.29, 1.82) is 0 Å². The molecule has 20 heavy (non-hydrogen) atoms. The van der Waals surface area contributed by atoms with Gasteiger partial charge in [0.2, 0.25) is 0 Å². The summed E-state index contributed by atoms with van der Waals surface area (Å²) in [6.45, 7) is 0. The molecule has 0 spiro atoms. The monoisotopic (exact) mass is 271 g/mol. The Morgan fingerprint density at radius 1 is 0.950 bits per heavy atom. The fraction of sp³-hybridized carbons (Fsp3) is 0.188. The van der Waals surface area contributed by atoms with Gasteiger partial charge in [-0.25, -0.2) is 0 Å².